The van der Waals surface area contributed by atoms with Crippen molar-refractivity contribution >= 4 is 5.91 Å². The Morgan fingerprint density at radius 2 is 2.38 bits per heavy atom. The Kier molecular flexibility index (Phi) is 2.72. The summed E-state index contributed by atoms with van der Waals surface area (Å²) in [4.78, 5) is 15.6. The number of aryl methyl sites for hydroxylation is 2. The summed E-state index contributed by atoms with van der Waals surface area (Å²) < 4.78 is 5.28. The first-order valence-corrected chi connectivity index (χ1v) is 4.86. The number of H-pyrrole nitrogens is 1. The van der Waals surface area contributed by atoms with Gasteiger partial charge in [-0.3, -0.25) is 9.89 Å². The number of hydrogen-bond acceptors (Lipinski definition) is 4. The van der Waals surface area contributed by atoms with E-state index in [0.29, 0.717) is 23.7 Å². The van der Waals surface area contributed by atoms with E-state index in [-0.39, 0.29) is 5.91 Å². The van der Waals surface area contributed by atoms with E-state index >= 15 is 0 Å². The monoisotopic (exact) mass is 220 g/mol. The first-order chi connectivity index (χ1) is 7.66. The van der Waals surface area contributed by atoms with Crippen LogP contribution in [0.15, 0.2) is 16.8 Å². The van der Waals surface area contributed by atoms with Crippen molar-refractivity contribution in [3.05, 3.63) is 35.3 Å². The Bertz CT molecular complexity index is 487. The maximum absolute atomic E-state index is 11.7. The Balaban J connectivity index is 2.01. The van der Waals surface area contributed by atoms with Crippen molar-refractivity contribution in [3.8, 4) is 0 Å². The molecular weight excluding hydrogens is 208 g/mol. The number of carbonyl (C=O) groups excluding carboxylic acids is 1. The van der Waals surface area contributed by atoms with Gasteiger partial charge in [-0.1, -0.05) is 0 Å². The number of furan rings is 1. The van der Waals surface area contributed by atoms with Crippen LogP contribution in [-0.4, -0.2) is 21.1 Å². The highest BCUT2D eigenvalue weighted by molar-refractivity contribution is 5.95. The maximum Gasteiger partial charge on any atom is 0.255 e. The zero-order valence-corrected chi connectivity index (χ0v) is 9.07. The van der Waals surface area contributed by atoms with Crippen LogP contribution in [0.1, 0.15) is 27.7 Å². The van der Waals surface area contributed by atoms with Gasteiger partial charge in [0, 0.05) is 0 Å². The standard InChI is InChI=1S/C10H12N4O2/c1-6-3-8(7(2)16-6)10(15)11-4-9-12-5-13-14-9/h3,5H,4H2,1-2H3,(H,11,15)(H,12,13,14). The molecule has 16 heavy (non-hydrogen) atoms. The summed E-state index contributed by atoms with van der Waals surface area (Å²) in [5.74, 6) is 1.78. The highest BCUT2D eigenvalue weighted by Gasteiger charge is 2.13. The lowest BCUT2D eigenvalue weighted by Crippen LogP contribution is -2.23. The molecule has 6 heteroatoms. The summed E-state index contributed by atoms with van der Waals surface area (Å²) in [6.07, 6.45) is 1.40. The van der Waals surface area contributed by atoms with Crippen LogP contribution in [0.25, 0.3) is 0 Å². The zero-order chi connectivity index (χ0) is 11.5. The van der Waals surface area contributed by atoms with Crippen LogP contribution in [0, 0.1) is 13.8 Å². The average molecular weight is 220 g/mol. The molecule has 6 nitrogen and oxygen atoms in total. The molecule has 0 fully saturated rings. The van der Waals surface area contributed by atoms with Crippen LogP contribution in [0.3, 0.4) is 0 Å². The van der Waals surface area contributed by atoms with Crippen molar-refractivity contribution in [2.45, 2.75) is 20.4 Å². The number of nitrogens with zero attached hydrogens (tertiary/aromatic N) is 2. The van der Waals surface area contributed by atoms with E-state index in [9.17, 15) is 4.79 Å². The number of aromatic amines is 1. The zero-order valence-electron chi connectivity index (χ0n) is 9.07. The van der Waals surface area contributed by atoms with Gasteiger partial charge >= 0.3 is 0 Å². The van der Waals surface area contributed by atoms with E-state index in [0.717, 1.165) is 5.76 Å². The third-order valence-electron chi connectivity index (χ3n) is 2.17. The van der Waals surface area contributed by atoms with Gasteiger partial charge in [0.15, 0.2) is 0 Å². The number of hydrogen-bond donors (Lipinski definition) is 2. The van der Waals surface area contributed by atoms with E-state index < -0.39 is 0 Å². The second-order valence-corrected chi connectivity index (χ2v) is 3.44. The molecule has 0 saturated carbocycles. The van der Waals surface area contributed by atoms with Gasteiger partial charge in [0.2, 0.25) is 0 Å². The van der Waals surface area contributed by atoms with Crippen molar-refractivity contribution < 1.29 is 9.21 Å². The largest absolute Gasteiger partial charge is 0.466 e. The van der Waals surface area contributed by atoms with E-state index in [4.69, 9.17) is 4.42 Å². The van der Waals surface area contributed by atoms with Gasteiger partial charge in [0.05, 0.1) is 12.1 Å². The van der Waals surface area contributed by atoms with Crippen LogP contribution in [0.5, 0.6) is 0 Å². The minimum absolute atomic E-state index is 0.175. The number of aromatic nitrogens is 3. The predicted molar refractivity (Wildman–Crippen MR) is 55.7 cm³/mol. The molecule has 2 aromatic heterocycles. The van der Waals surface area contributed by atoms with E-state index in [2.05, 4.69) is 20.5 Å². The minimum atomic E-state index is -0.175. The summed E-state index contributed by atoms with van der Waals surface area (Å²) in [5, 5.41) is 9.08. The molecule has 0 aromatic carbocycles. The van der Waals surface area contributed by atoms with Crippen LogP contribution < -0.4 is 5.32 Å². The molecule has 0 saturated heterocycles. The molecule has 0 atom stereocenters. The molecule has 2 heterocycles. The number of rotatable bonds is 3. The van der Waals surface area contributed by atoms with Crippen molar-refractivity contribution in [1.29, 1.82) is 0 Å². The summed E-state index contributed by atoms with van der Waals surface area (Å²) in [6, 6.07) is 1.71. The van der Waals surface area contributed by atoms with Crippen molar-refractivity contribution in [2.75, 3.05) is 0 Å². The van der Waals surface area contributed by atoms with Gasteiger partial charge in [-0.05, 0) is 19.9 Å². The summed E-state index contributed by atoms with van der Waals surface area (Å²) in [5.41, 5.74) is 0.553. The number of carbonyl (C=O) groups is 1. The summed E-state index contributed by atoms with van der Waals surface area (Å²) in [6.45, 7) is 3.89. The summed E-state index contributed by atoms with van der Waals surface area (Å²) in [7, 11) is 0. The molecule has 1 amide bonds. The smallest absolute Gasteiger partial charge is 0.255 e. The SMILES string of the molecule is Cc1cc(C(=O)NCc2ncn[nH]2)c(C)o1. The molecule has 2 aromatic rings. The van der Waals surface area contributed by atoms with Gasteiger partial charge in [0.1, 0.15) is 23.7 Å². The average Bonchev–Trinajstić information content (AvgIpc) is 2.84. The molecule has 0 aliphatic rings. The van der Waals surface area contributed by atoms with Crippen molar-refractivity contribution in [3.63, 3.8) is 0 Å². The Hall–Kier alpha value is -2.11. The third-order valence-corrected chi connectivity index (χ3v) is 2.17. The molecule has 0 radical (unpaired) electrons. The van der Waals surface area contributed by atoms with Crippen molar-refractivity contribution in [1.82, 2.24) is 20.5 Å². The Morgan fingerprint density at radius 3 is 2.94 bits per heavy atom. The fourth-order valence-electron chi connectivity index (χ4n) is 1.43. The number of nitrogens with one attached hydrogen (secondary N) is 2. The highest BCUT2D eigenvalue weighted by atomic mass is 16.3. The van der Waals surface area contributed by atoms with Gasteiger partial charge in [-0.25, -0.2) is 4.98 Å². The Morgan fingerprint density at radius 1 is 1.56 bits per heavy atom. The lowest BCUT2D eigenvalue weighted by atomic mass is 10.2. The summed E-state index contributed by atoms with van der Waals surface area (Å²) >= 11 is 0. The lowest BCUT2D eigenvalue weighted by molar-refractivity contribution is 0.0948. The van der Waals surface area contributed by atoms with E-state index in [1.807, 2.05) is 0 Å². The van der Waals surface area contributed by atoms with Crippen molar-refractivity contribution in [2.24, 2.45) is 0 Å². The van der Waals surface area contributed by atoms with E-state index in [1.165, 1.54) is 6.33 Å². The van der Waals surface area contributed by atoms with Gasteiger partial charge in [0.25, 0.3) is 5.91 Å². The molecule has 0 spiro atoms. The second-order valence-electron chi connectivity index (χ2n) is 3.44. The quantitative estimate of drug-likeness (QED) is 0.806. The normalized spacial score (nSPS) is 10.4. The first kappa shape index (κ1) is 10.4. The van der Waals surface area contributed by atoms with E-state index in [1.54, 1.807) is 19.9 Å². The maximum atomic E-state index is 11.7. The van der Waals surface area contributed by atoms with Crippen LogP contribution in [0.2, 0.25) is 0 Å². The molecule has 0 bridgehead atoms. The third kappa shape index (κ3) is 2.10. The highest BCUT2D eigenvalue weighted by Crippen LogP contribution is 2.13. The molecule has 0 unspecified atom stereocenters. The fraction of sp³-hybridized carbons (Fsp3) is 0.300. The van der Waals surface area contributed by atoms with Crippen LogP contribution >= 0.6 is 0 Å². The topological polar surface area (TPSA) is 83.8 Å². The fourth-order valence-corrected chi connectivity index (χ4v) is 1.43. The molecular formula is C10H12N4O2. The van der Waals surface area contributed by atoms with Crippen LogP contribution in [0.4, 0.5) is 0 Å². The van der Waals surface area contributed by atoms with Crippen LogP contribution in [-0.2, 0) is 6.54 Å². The lowest BCUT2D eigenvalue weighted by Gasteiger charge is -2.00. The Labute approximate surface area is 92.1 Å². The van der Waals surface area contributed by atoms with Gasteiger partial charge in [-0.2, -0.15) is 5.10 Å². The molecule has 2 N–H and O–H groups in total. The molecule has 84 valence electrons. The first-order valence-electron chi connectivity index (χ1n) is 4.86. The van der Waals surface area contributed by atoms with Gasteiger partial charge < -0.3 is 9.73 Å². The predicted octanol–water partition coefficient (Wildman–Crippen LogP) is 0.945. The minimum Gasteiger partial charge on any atom is -0.466 e. The molecule has 0 aliphatic carbocycles. The number of amides is 1. The van der Waals surface area contributed by atoms with Gasteiger partial charge in [-0.15, -0.1) is 0 Å². The second kappa shape index (κ2) is 4.18. The molecule has 2 rings (SSSR count). The molecule has 0 aliphatic heterocycles.